The number of aliphatic imine (C=N–C) groups is 1. The fraction of sp³-hybridized carbons (Fsp3) is 0.455. The van der Waals surface area contributed by atoms with Crippen LogP contribution < -0.4 is 20.3 Å². The first-order valence-corrected chi connectivity index (χ1v) is 10.1. The summed E-state index contributed by atoms with van der Waals surface area (Å²) in [6.45, 7) is 7.83. The van der Waals surface area contributed by atoms with Crippen LogP contribution in [0, 0.1) is 0 Å². The van der Waals surface area contributed by atoms with Crippen LogP contribution in [0.2, 0.25) is 0 Å². The Kier molecular flexibility index (Phi) is 10.2. The number of guanidine groups is 1. The van der Waals surface area contributed by atoms with Gasteiger partial charge in [0.25, 0.3) is 0 Å². The average Bonchev–Trinajstić information content (AvgIpc) is 2.74. The van der Waals surface area contributed by atoms with E-state index in [1.54, 1.807) is 7.05 Å². The molecule has 0 spiro atoms. The summed E-state index contributed by atoms with van der Waals surface area (Å²) in [5.74, 6) is 2.60. The van der Waals surface area contributed by atoms with E-state index in [1.165, 1.54) is 0 Å². The highest BCUT2D eigenvalue weighted by Gasteiger charge is 2.22. The number of halogens is 1. The van der Waals surface area contributed by atoms with Crippen molar-refractivity contribution >= 4 is 35.8 Å². The Balaban J connectivity index is 0.00000320. The molecule has 2 atom stereocenters. The summed E-state index contributed by atoms with van der Waals surface area (Å²) in [7, 11) is 1.76. The van der Waals surface area contributed by atoms with Crippen molar-refractivity contribution in [1.82, 2.24) is 15.6 Å². The summed E-state index contributed by atoms with van der Waals surface area (Å²) in [4.78, 5) is 11.2. The lowest BCUT2D eigenvalue weighted by Gasteiger charge is -2.36. The number of anilines is 1. The van der Waals surface area contributed by atoms with Gasteiger partial charge >= 0.3 is 0 Å². The summed E-state index contributed by atoms with van der Waals surface area (Å²) in [6.07, 6.45) is 2.36. The van der Waals surface area contributed by atoms with Crippen LogP contribution in [0.4, 0.5) is 5.82 Å². The first-order chi connectivity index (χ1) is 14.1. The minimum Gasteiger partial charge on any atom is -0.492 e. The minimum atomic E-state index is 0. The predicted molar refractivity (Wildman–Crippen MR) is 132 cm³/mol. The monoisotopic (exact) mass is 525 g/mol. The molecule has 0 aliphatic carbocycles. The van der Waals surface area contributed by atoms with Gasteiger partial charge in [0.05, 0.1) is 18.8 Å². The van der Waals surface area contributed by atoms with Crippen molar-refractivity contribution in [3.63, 3.8) is 0 Å². The van der Waals surface area contributed by atoms with Gasteiger partial charge in [0, 0.05) is 32.9 Å². The van der Waals surface area contributed by atoms with E-state index in [9.17, 15) is 0 Å². The van der Waals surface area contributed by atoms with Crippen LogP contribution in [0.25, 0.3) is 0 Å². The van der Waals surface area contributed by atoms with Crippen LogP contribution in [0.5, 0.6) is 5.75 Å². The third-order valence-electron chi connectivity index (χ3n) is 4.64. The van der Waals surface area contributed by atoms with Gasteiger partial charge in [-0.3, -0.25) is 4.99 Å². The van der Waals surface area contributed by atoms with Gasteiger partial charge in [0.1, 0.15) is 18.2 Å². The maximum absolute atomic E-state index is 5.80. The van der Waals surface area contributed by atoms with Gasteiger partial charge in [0.2, 0.25) is 0 Å². The van der Waals surface area contributed by atoms with E-state index in [0.717, 1.165) is 36.2 Å². The van der Waals surface area contributed by atoms with E-state index < -0.39 is 0 Å². The molecule has 1 aromatic carbocycles. The number of nitrogens with one attached hydrogen (secondary N) is 2. The number of ether oxygens (including phenoxy) is 2. The van der Waals surface area contributed by atoms with Gasteiger partial charge in [-0.25, -0.2) is 4.98 Å². The molecule has 1 aliphatic rings. The Morgan fingerprint density at radius 3 is 2.50 bits per heavy atom. The van der Waals surface area contributed by atoms with E-state index >= 15 is 0 Å². The van der Waals surface area contributed by atoms with E-state index in [-0.39, 0.29) is 36.2 Å². The maximum atomic E-state index is 5.80. The Labute approximate surface area is 196 Å². The molecular weight excluding hydrogens is 493 g/mol. The second kappa shape index (κ2) is 12.6. The average molecular weight is 525 g/mol. The molecule has 8 heteroatoms. The van der Waals surface area contributed by atoms with Crippen LogP contribution in [-0.2, 0) is 11.3 Å². The number of hydrogen-bond acceptors (Lipinski definition) is 5. The molecule has 1 saturated heterocycles. The summed E-state index contributed by atoms with van der Waals surface area (Å²) in [6, 6.07) is 14.0. The molecule has 30 heavy (non-hydrogen) atoms. The Morgan fingerprint density at radius 2 is 1.87 bits per heavy atom. The largest absolute Gasteiger partial charge is 0.492 e. The van der Waals surface area contributed by atoms with Crippen molar-refractivity contribution in [3.05, 3.63) is 54.2 Å². The van der Waals surface area contributed by atoms with Crippen LogP contribution in [0.3, 0.4) is 0 Å². The van der Waals surface area contributed by atoms with Crippen LogP contribution in [0.15, 0.2) is 53.7 Å². The molecule has 0 radical (unpaired) electrons. The molecule has 3 rings (SSSR count). The zero-order valence-electron chi connectivity index (χ0n) is 17.9. The standard InChI is InChI=1S/C22H31N5O2.HI/c1-17-15-27(16-18(2)29-17)21-10-9-19(13-25-21)14-26-22(23-3)24-11-12-28-20-7-5-4-6-8-20;/h4-10,13,17-18H,11-12,14-16H2,1-3H3,(H2,23,24,26);1H. The molecule has 0 amide bonds. The van der Waals surface area contributed by atoms with Gasteiger partial charge in [-0.15, -0.1) is 24.0 Å². The molecule has 0 bridgehead atoms. The van der Waals surface area contributed by atoms with E-state index in [0.29, 0.717) is 19.7 Å². The number of rotatable bonds is 7. The van der Waals surface area contributed by atoms with E-state index in [2.05, 4.69) is 51.5 Å². The molecule has 7 nitrogen and oxygen atoms in total. The first kappa shape index (κ1) is 24.2. The third kappa shape index (κ3) is 7.64. The van der Waals surface area contributed by atoms with Crippen LogP contribution >= 0.6 is 24.0 Å². The molecule has 2 heterocycles. The van der Waals surface area contributed by atoms with Crippen molar-refractivity contribution in [2.75, 3.05) is 38.2 Å². The number of nitrogens with zero attached hydrogens (tertiary/aromatic N) is 3. The second-order valence-electron chi connectivity index (χ2n) is 7.20. The van der Waals surface area contributed by atoms with Gasteiger partial charge in [0.15, 0.2) is 5.96 Å². The van der Waals surface area contributed by atoms with Gasteiger partial charge in [-0.2, -0.15) is 0 Å². The Hall–Kier alpha value is -2.07. The molecule has 0 saturated carbocycles. The second-order valence-corrected chi connectivity index (χ2v) is 7.20. The normalized spacial score (nSPS) is 19.0. The highest BCUT2D eigenvalue weighted by atomic mass is 127. The van der Waals surface area contributed by atoms with Gasteiger partial charge in [-0.05, 0) is 37.6 Å². The SMILES string of the molecule is CN=C(NCCOc1ccccc1)NCc1ccc(N2CC(C)OC(C)C2)nc1.I. The number of pyridine rings is 1. The fourth-order valence-corrected chi connectivity index (χ4v) is 3.33. The number of morpholine rings is 1. The highest BCUT2D eigenvalue weighted by Crippen LogP contribution is 2.18. The molecule has 1 aliphatic heterocycles. The van der Waals surface area contributed by atoms with Crippen LogP contribution in [-0.4, -0.2) is 56.4 Å². The molecule has 2 unspecified atom stereocenters. The maximum Gasteiger partial charge on any atom is 0.191 e. The highest BCUT2D eigenvalue weighted by molar-refractivity contribution is 14.0. The molecule has 164 valence electrons. The minimum absolute atomic E-state index is 0. The number of aromatic nitrogens is 1. The summed E-state index contributed by atoms with van der Waals surface area (Å²) >= 11 is 0. The summed E-state index contributed by atoms with van der Waals surface area (Å²) in [5, 5.41) is 6.56. The fourth-order valence-electron chi connectivity index (χ4n) is 3.33. The van der Waals surface area contributed by atoms with Crippen molar-refractivity contribution in [2.45, 2.75) is 32.6 Å². The molecule has 1 aromatic heterocycles. The van der Waals surface area contributed by atoms with E-state index in [1.807, 2.05) is 36.5 Å². The van der Waals surface area contributed by atoms with Crippen molar-refractivity contribution in [2.24, 2.45) is 4.99 Å². The number of para-hydroxylation sites is 1. The Morgan fingerprint density at radius 1 is 1.13 bits per heavy atom. The van der Waals surface area contributed by atoms with Crippen molar-refractivity contribution in [3.8, 4) is 5.75 Å². The third-order valence-corrected chi connectivity index (χ3v) is 4.64. The lowest BCUT2D eigenvalue weighted by molar-refractivity contribution is -0.00545. The van der Waals surface area contributed by atoms with E-state index in [4.69, 9.17) is 9.47 Å². The lowest BCUT2D eigenvalue weighted by Crippen LogP contribution is -2.45. The number of hydrogen-bond donors (Lipinski definition) is 2. The molecule has 2 N–H and O–H groups in total. The van der Waals surface area contributed by atoms with Crippen molar-refractivity contribution in [1.29, 1.82) is 0 Å². The summed E-state index contributed by atoms with van der Waals surface area (Å²) in [5.41, 5.74) is 1.10. The smallest absolute Gasteiger partial charge is 0.191 e. The molecular formula is C22H32IN5O2. The first-order valence-electron chi connectivity index (χ1n) is 10.1. The quantitative estimate of drug-likeness (QED) is 0.251. The molecule has 1 fully saturated rings. The predicted octanol–water partition coefficient (Wildman–Crippen LogP) is 3.06. The zero-order valence-corrected chi connectivity index (χ0v) is 20.2. The Bertz CT molecular complexity index is 763. The summed E-state index contributed by atoms with van der Waals surface area (Å²) < 4.78 is 11.5. The van der Waals surface area contributed by atoms with Crippen molar-refractivity contribution < 1.29 is 9.47 Å². The molecule has 2 aromatic rings. The topological polar surface area (TPSA) is 71.0 Å². The van der Waals surface area contributed by atoms with Gasteiger partial charge < -0.3 is 25.0 Å². The van der Waals surface area contributed by atoms with Gasteiger partial charge in [-0.1, -0.05) is 24.3 Å². The zero-order chi connectivity index (χ0) is 20.5. The lowest BCUT2D eigenvalue weighted by atomic mass is 10.2. The number of benzene rings is 1. The van der Waals surface area contributed by atoms with Crippen LogP contribution in [0.1, 0.15) is 19.4 Å².